The highest BCUT2D eigenvalue weighted by Crippen LogP contribution is 2.35. The van der Waals surface area contributed by atoms with Gasteiger partial charge in [0.05, 0.1) is 32.8 Å². The molecule has 1 saturated carbocycles. The van der Waals surface area contributed by atoms with Gasteiger partial charge in [-0.15, -0.1) is 0 Å². The van der Waals surface area contributed by atoms with Crippen molar-refractivity contribution in [1.29, 1.82) is 0 Å². The van der Waals surface area contributed by atoms with E-state index in [0.717, 1.165) is 48.3 Å². The third-order valence-corrected chi connectivity index (χ3v) is 7.77. The van der Waals surface area contributed by atoms with Gasteiger partial charge < -0.3 is 33.5 Å². The first-order valence-corrected chi connectivity index (χ1v) is 14.2. The minimum Gasteiger partial charge on any atom is -0.493 e. The van der Waals surface area contributed by atoms with Crippen molar-refractivity contribution in [1.82, 2.24) is 0 Å². The van der Waals surface area contributed by atoms with Crippen LogP contribution in [0.25, 0.3) is 0 Å². The van der Waals surface area contributed by atoms with E-state index in [9.17, 15) is 9.90 Å². The maximum atomic E-state index is 12.1. The zero-order valence-corrected chi connectivity index (χ0v) is 24.6. The summed E-state index contributed by atoms with van der Waals surface area (Å²) in [5.41, 5.74) is 1.96. The van der Waals surface area contributed by atoms with E-state index >= 15 is 0 Å². The number of methoxy groups -OCH3 is 3. The lowest BCUT2D eigenvalue weighted by Crippen LogP contribution is -2.37. The molecule has 1 aliphatic rings. The monoisotopic (exact) mass is 558 g/mol. The van der Waals surface area contributed by atoms with Crippen LogP contribution in [0.2, 0.25) is 0 Å². The molecule has 2 aromatic carbocycles. The number of aliphatic hydroxyl groups is 1. The van der Waals surface area contributed by atoms with Gasteiger partial charge in [-0.05, 0) is 48.2 Å². The summed E-state index contributed by atoms with van der Waals surface area (Å²) in [5, 5.41) is 10.6. The van der Waals surface area contributed by atoms with E-state index in [-0.39, 0.29) is 29.3 Å². The number of hydrogen-bond donors (Lipinski definition) is 1. The number of aliphatic hydroxyl groups excluding tert-OH is 1. The van der Waals surface area contributed by atoms with Gasteiger partial charge in [-0.3, -0.25) is 4.79 Å². The van der Waals surface area contributed by atoms with E-state index in [4.69, 9.17) is 28.4 Å². The van der Waals surface area contributed by atoms with Gasteiger partial charge >= 0.3 is 5.97 Å². The molecule has 2 aromatic rings. The SMILES string of the molecule is COCC(COc1cccc(C(C)(C)c2cccc(OCCCOC(O)C3CCCCC3C(=O)OC)c2)c1)OC. The highest BCUT2D eigenvalue weighted by Gasteiger charge is 2.36. The van der Waals surface area contributed by atoms with Crippen molar-refractivity contribution in [2.75, 3.05) is 47.8 Å². The van der Waals surface area contributed by atoms with Crippen LogP contribution >= 0.6 is 0 Å². The number of carbonyl (C=O) groups excluding carboxylic acids is 1. The minimum atomic E-state index is -0.978. The van der Waals surface area contributed by atoms with Gasteiger partial charge in [0, 0.05) is 32.0 Å². The van der Waals surface area contributed by atoms with Crippen molar-refractivity contribution < 1.29 is 38.3 Å². The lowest BCUT2D eigenvalue weighted by Gasteiger charge is -2.32. The van der Waals surface area contributed by atoms with Crippen LogP contribution in [0.5, 0.6) is 11.5 Å². The van der Waals surface area contributed by atoms with Crippen molar-refractivity contribution >= 4 is 5.97 Å². The molecule has 0 heterocycles. The number of hydrogen-bond acceptors (Lipinski definition) is 8. The van der Waals surface area contributed by atoms with Crippen molar-refractivity contribution in [2.45, 2.75) is 63.8 Å². The molecule has 0 spiro atoms. The van der Waals surface area contributed by atoms with Crippen LogP contribution in [-0.4, -0.2) is 71.2 Å². The first kappa shape index (κ1) is 31.9. The second-order valence-electron chi connectivity index (χ2n) is 10.8. The molecule has 4 unspecified atom stereocenters. The maximum absolute atomic E-state index is 12.1. The Kier molecular flexibility index (Phi) is 12.7. The van der Waals surface area contributed by atoms with Gasteiger partial charge in [-0.25, -0.2) is 0 Å². The predicted molar refractivity (Wildman–Crippen MR) is 153 cm³/mol. The number of carbonyl (C=O) groups is 1. The highest BCUT2D eigenvalue weighted by molar-refractivity contribution is 5.72. The van der Waals surface area contributed by atoms with Gasteiger partial charge in [-0.1, -0.05) is 51.0 Å². The predicted octanol–water partition coefficient (Wildman–Crippen LogP) is 5.14. The van der Waals surface area contributed by atoms with Crippen molar-refractivity contribution in [2.24, 2.45) is 11.8 Å². The van der Waals surface area contributed by atoms with Crippen LogP contribution in [0.4, 0.5) is 0 Å². The molecule has 0 aromatic heterocycles. The van der Waals surface area contributed by atoms with E-state index in [1.807, 2.05) is 24.3 Å². The fourth-order valence-corrected chi connectivity index (χ4v) is 5.20. The fraction of sp³-hybridized carbons (Fsp3) is 0.594. The smallest absolute Gasteiger partial charge is 0.309 e. The molecule has 1 aliphatic carbocycles. The van der Waals surface area contributed by atoms with Crippen molar-refractivity contribution in [3.63, 3.8) is 0 Å². The summed E-state index contributed by atoms with van der Waals surface area (Å²) in [6.45, 7) is 6.03. The zero-order chi connectivity index (χ0) is 29.0. The Morgan fingerprint density at radius 3 is 2.20 bits per heavy atom. The van der Waals surface area contributed by atoms with Crippen molar-refractivity contribution in [3.8, 4) is 11.5 Å². The molecular formula is C32H46O8. The molecule has 0 amide bonds. The number of benzene rings is 2. The summed E-state index contributed by atoms with van der Waals surface area (Å²) in [5.74, 6) is 0.765. The Labute approximate surface area is 238 Å². The molecular weight excluding hydrogens is 512 g/mol. The third-order valence-electron chi connectivity index (χ3n) is 7.77. The van der Waals surface area contributed by atoms with Gasteiger partial charge in [0.1, 0.15) is 24.2 Å². The van der Waals surface area contributed by atoms with Gasteiger partial charge in [-0.2, -0.15) is 0 Å². The van der Waals surface area contributed by atoms with Crippen molar-refractivity contribution in [3.05, 3.63) is 59.7 Å². The lowest BCUT2D eigenvalue weighted by molar-refractivity contribution is -0.174. The van der Waals surface area contributed by atoms with E-state index < -0.39 is 6.29 Å². The van der Waals surface area contributed by atoms with Crippen LogP contribution in [0.1, 0.15) is 57.1 Å². The third kappa shape index (κ3) is 8.93. The molecule has 0 aliphatic heterocycles. The van der Waals surface area contributed by atoms with Crippen LogP contribution in [0.3, 0.4) is 0 Å². The van der Waals surface area contributed by atoms with Gasteiger partial charge in [0.15, 0.2) is 6.29 Å². The highest BCUT2D eigenvalue weighted by atomic mass is 16.6. The molecule has 4 atom stereocenters. The Hall–Kier alpha value is -2.65. The molecule has 1 N–H and O–H groups in total. The molecule has 1 fully saturated rings. The summed E-state index contributed by atoms with van der Waals surface area (Å²) >= 11 is 0. The zero-order valence-electron chi connectivity index (χ0n) is 24.6. The van der Waals surface area contributed by atoms with E-state index in [1.165, 1.54) is 7.11 Å². The normalized spacial score (nSPS) is 19.1. The average Bonchev–Trinajstić information content (AvgIpc) is 2.98. The molecule has 0 saturated heterocycles. The molecule has 222 valence electrons. The maximum Gasteiger partial charge on any atom is 0.309 e. The topological polar surface area (TPSA) is 92.7 Å². The Morgan fingerprint density at radius 2 is 1.57 bits per heavy atom. The molecule has 8 heteroatoms. The largest absolute Gasteiger partial charge is 0.493 e. The van der Waals surface area contributed by atoms with E-state index in [0.29, 0.717) is 32.8 Å². The number of ether oxygens (including phenoxy) is 6. The molecule has 0 bridgehead atoms. The minimum absolute atomic E-state index is 0.131. The van der Waals surface area contributed by atoms with Crippen LogP contribution < -0.4 is 9.47 Å². The first-order chi connectivity index (χ1) is 19.3. The Balaban J connectivity index is 1.51. The molecule has 8 nitrogen and oxygen atoms in total. The quantitative estimate of drug-likeness (QED) is 0.172. The summed E-state index contributed by atoms with van der Waals surface area (Å²) < 4.78 is 33.2. The summed E-state index contributed by atoms with van der Waals surface area (Å²) in [6.07, 6.45) is 2.95. The Bertz CT molecular complexity index is 1040. The van der Waals surface area contributed by atoms with Gasteiger partial charge in [0.2, 0.25) is 0 Å². The Morgan fingerprint density at radius 1 is 0.925 bits per heavy atom. The standard InChI is InChI=1S/C32H46O8/c1-32(2,24-12-9-14-26(20-24)40-22-27(36-4)21-35-3)23-11-8-13-25(19-23)38-17-10-18-39-31(34)29-16-7-6-15-28(29)30(33)37-5/h8-9,11-14,19-20,27-29,31,34H,6-7,10,15-18,21-22H2,1-5H3. The summed E-state index contributed by atoms with van der Waals surface area (Å²) in [7, 11) is 4.69. The molecule has 3 rings (SSSR count). The second kappa shape index (κ2) is 16.0. The molecule has 40 heavy (non-hydrogen) atoms. The fourth-order valence-electron chi connectivity index (χ4n) is 5.20. The number of rotatable bonds is 16. The number of esters is 1. The summed E-state index contributed by atoms with van der Waals surface area (Å²) in [4.78, 5) is 12.1. The average molecular weight is 559 g/mol. The van der Waals surface area contributed by atoms with Crippen LogP contribution in [0, 0.1) is 11.8 Å². The van der Waals surface area contributed by atoms with Crippen LogP contribution in [-0.2, 0) is 29.2 Å². The van der Waals surface area contributed by atoms with Crippen LogP contribution in [0.15, 0.2) is 48.5 Å². The second-order valence-corrected chi connectivity index (χ2v) is 10.8. The first-order valence-electron chi connectivity index (χ1n) is 14.2. The summed E-state index contributed by atoms with van der Waals surface area (Å²) in [6, 6.07) is 16.2. The van der Waals surface area contributed by atoms with E-state index in [2.05, 4.69) is 38.1 Å². The lowest BCUT2D eigenvalue weighted by atomic mass is 9.78. The van der Waals surface area contributed by atoms with Gasteiger partial charge in [0.25, 0.3) is 0 Å². The molecule has 0 radical (unpaired) electrons. The van der Waals surface area contributed by atoms with E-state index in [1.54, 1.807) is 14.2 Å².